The lowest BCUT2D eigenvalue weighted by Gasteiger charge is -2.28. The summed E-state index contributed by atoms with van der Waals surface area (Å²) in [6.45, 7) is 1.34. The molecule has 6 aromatic carbocycles. The van der Waals surface area contributed by atoms with E-state index in [-0.39, 0.29) is 17.8 Å². The highest BCUT2D eigenvalue weighted by atomic mass is 16.6. The molecule has 0 saturated heterocycles. The number of hydrogen-bond acceptors (Lipinski definition) is 7. The smallest absolute Gasteiger partial charge is 0.305 e. The van der Waals surface area contributed by atoms with E-state index in [2.05, 4.69) is 23.0 Å². The average molecular weight is 671 g/mol. The van der Waals surface area contributed by atoms with Gasteiger partial charge in [-0.05, 0) is 89.0 Å². The molecule has 1 heterocycles. The lowest BCUT2D eigenvalue weighted by atomic mass is 9.84. The fraction of sp³-hybridized carbons (Fsp3) is 0.310. The van der Waals surface area contributed by atoms with Crippen molar-refractivity contribution in [1.82, 2.24) is 4.90 Å². The van der Waals surface area contributed by atoms with Crippen molar-refractivity contribution in [2.24, 2.45) is 5.90 Å². The van der Waals surface area contributed by atoms with E-state index in [0.29, 0.717) is 37.3 Å². The van der Waals surface area contributed by atoms with Crippen molar-refractivity contribution in [2.75, 3.05) is 19.8 Å². The van der Waals surface area contributed by atoms with E-state index in [1.54, 1.807) is 0 Å². The maximum absolute atomic E-state index is 13.8. The van der Waals surface area contributed by atoms with Gasteiger partial charge < -0.3 is 14.3 Å². The van der Waals surface area contributed by atoms with Gasteiger partial charge in [0.05, 0.1) is 13.2 Å². The number of fused-ring (bicyclic) bond motifs is 2. The second-order valence-electron chi connectivity index (χ2n) is 13.1. The Morgan fingerprint density at radius 3 is 1.90 bits per heavy atom. The molecule has 0 spiro atoms. The number of unbranched alkanes of at least 4 members (excludes halogenated alkanes) is 7. The maximum atomic E-state index is 13.8. The molecule has 256 valence electrons. The third-order valence-electron chi connectivity index (χ3n) is 9.85. The number of benzene rings is 6. The number of carbonyl (C=O) groups excluding carboxylic acids is 3. The summed E-state index contributed by atoms with van der Waals surface area (Å²) in [4.78, 5) is 45.5. The molecule has 0 fully saturated rings. The molecule has 0 radical (unpaired) electrons. The summed E-state index contributed by atoms with van der Waals surface area (Å²) in [6.07, 6.45) is 8.43. The molecule has 2 N–H and O–H groups in total. The number of esters is 1. The van der Waals surface area contributed by atoms with Gasteiger partial charge >= 0.3 is 5.97 Å². The summed E-state index contributed by atoms with van der Waals surface area (Å²) in [6, 6.07) is 28.0. The Labute approximate surface area is 291 Å². The van der Waals surface area contributed by atoms with E-state index in [1.165, 1.54) is 4.90 Å². The molecular weight excluding hydrogens is 628 g/mol. The van der Waals surface area contributed by atoms with Crippen molar-refractivity contribution < 1.29 is 28.7 Å². The fourth-order valence-electron chi connectivity index (χ4n) is 7.39. The third kappa shape index (κ3) is 6.61. The van der Waals surface area contributed by atoms with Crippen molar-refractivity contribution in [3.63, 3.8) is 0 Å². The fourth-order valence-corrected chi connectivity index (χ4v) is 7.39. The van der Waals surface area contributed by atoms with Crippen LogP contribution in [-0.4, -0.2) is 42.4 Å². The van der Waals surface area contributed by atoms with E-state index < -0.39 is 0 Å². The SMILES string of the molecule is NOCCCCCC(=O)OCCCCCCCCN1C(=O)c2ccc3c4cccc5c(Oc6ccccc6)ccc(c6ccc(c2c36)C1=O)c54. The monoisotopic (exact) mass is 670 g/mol. The first-order valence-electron chi connectivity index (χ1n) is 17.8. The summed E-state index contributed by atoms with van der Waals surface area (Å²) < 4.78 is 11.6. The Kier molecular flexibility index (Phi) is 10.2. The zero-order valence-electron chi connectivity index (χ0n) is 28.2. The number of para-hydroxylation sites is 1. The molecule has 8 heteroatoms. The number of ether oxygens (including phenoxy) is 2. The minimum Gasteiger partial charge on any atom is -0.466 e. The van der Waals surface area contributed by atoms with Crippen LogP contribution in [0.3, 0.4) is 0 Å². The Balaban J connectivity index is 1.00. The van der Waals surface area contributed by atoms with Crippen LogP contribution in [0.25, 0.3) is 43.1 Å². The van der Waals surface area contributed by atoms with Gasteiger partial charge in [0.1, 0.15) is 11.5 Å². The van der Waals surface area contributed by atoms with Crippen molar-refractivity contribution in [2.45, 2.75) is 64.2 Å². The molecule has 2 amide bonds. The Morgan fingerprint density at radius 2 is 1.16 bits per heavy atom. The van der Waals surface area contributed by atoms with Crippen LogP contribution >= 0.6 is 0 Å². The summed E-state index contributed by atoms with van der Waals surface area (Å²) >= 11 is 0. The molecule has 8 nitrogen and oxygen atoms in total. The molecule has 0 bridgehead atoms. The lowest BCUT2D eigenvalue weighted by molar-refractivity contribution is -0.143. The number of amides is 2. The molecule has 1 aliphatic heterocycles. The molecule has 1 aliphatic rings. The second-order valence-corrected chi connectivity index (χ2v) is 13.1. The largest absolute Gasteiger partial charge is 0.466 e. The van der Waals surface area contributed by atoms with Gasteiger partial charge in [-0.2, -0.15) is 0 Å². The standard InChI is InChI=1S/C42H42N2O6/c43-49-27-12-6-9-18-37(45)48-26-11-4-2-1-3-10-25-44-41(46)34-21-19-31-29-16-13-17-33-36(50-28-14-7-5-8-15-28)24-23-30(38(29)33)32-20-22-35(42(44)47)40(34)39(31)32/h5,7-8,13-17,19-24H,1-4,6,9-12,18,25-27,43H2. The van der Waals surface area contributed by atoms with Gasteiger partial charge in [-0.3, -0.25) is 19.3 Å². The van der Waals surface area contributed by atoms with Crippen LogP contribution in [0.2, 0.25) is 0 Å². The summed E-state index contributed by atoms with van der Waals surface area (Å²) in [5.74, 6) is 5.96. The van der Waals surface area contributed by atoms with Crippen LogP contribution in [0.1, 0.15) is 84.9 Å². The van der Waals surface area contributed by atoms with Gasteiger partial charge in [-0.25, -0.2) is 5.90 Å². The Hall–Kier alpha value is -5.05. The highest BCUT2D eigenvalue weighted by Gasteiger charge is 2.34. The molecule has 0 atom stereocenters. The van der Waals surface area contributed by atoms with E-state index in [9.17, 15) is 14.4 Å². The Morgan fingerprint density at radius 1 is 0.560 bits per heavy atom. The van der Waals surface area contributed by atoms with E-state index in [1.807, 2.05) is 66.7 Å². The van der Waals surface area contributed by atoms with Crippen LogP contribution in [-0.2, 0) is 14.4 Å². The van der Waals surface area contributed by atoms with Crippen molar-refractivity contribution in [3.8, 4) is 11.5 Å². The first-order chi connectivity index (χ1) is 24.6. The number of carbonyl (C=O) groups is 3. The van der Waals surface area contributed by atoms with Crippen molar-refractivity contribution >= 4 is 60.9 Å². The highest BCUT2D eigenvalue weighted by Crippen LogP contribution is 2.46. The molecule has 0 unspecified atom stereocenters. The first-order valence-corrected chi connectivity index (χ1v) is 17.8. The van der Waals surface area contributed by atoms with Crippen LogP contribution in [0.15, 0.2) is 84.9 Å². The molecule has 7 rings (SSSR count). The number of hydrogen-bond donors (Lipinski definition) is 1. The molecular formula is C42H42N2O6. The topological polar surface area (TPSA) is 108 Å². The zero-order chi connectivity index (χ0) is 34.5. The van der Waals surface area contributed by atoms with Crippen LogP contribution < -0.4 is 10.6 Å². The van der Waals surface area contributed by atoms with Crippen LogP contribution in [0.4, 0.5) is 0 Å². The molecule has 0 aliphatic carbocycles. The minimum absolute atomic E-state index is 0.151. The van der Waals surface area contributed by atoms with Gasteiger partial charge in [-0.15, -0.1) is 0 Å². The zero-order valence-corrected chi connectivity index (χ0v) is 28.2. The van der Waals surface area contributed by atoms with Gasteiger partial charge in [-0.1, -0.05) is 80.6 Å². The van der Waals surface area contributed by atoms with E-state index in [0.717, 1.165) is 112 Å². The third-order valence-corrected chi connectivity index (χ3v) is 9.85. The summed E-state index contributed by atoms with van der Waals surface area (Å²) in [5.41, 5.74) is 1.16. The lowest BCUT2D eigenvalue weighted by Crippen LogP contribution is -2.40. The minimum atomic E-state index is -0.226. The van der Waals surface area contributed by atoms with Gasteiger partial charge in [0.15, 0.2) is 0 Å². The van der Waals surface area contributed by atoms with Crippen molar-refractivity contribution in [1.29, 1.82) is 0 Å². The first kappa shape index (κ1) is 33.4. The summed E-state index contributed by atoms with van der Waals surface area (Å²) in [5, 5.41) is 8.01. The van der Waals surface area contributed by atoms with Gasteiger partial charge in [0.2, 0.25) is 0 Å². The molecule has 0 saturated carbocycles. The van der Waals surface area contributed by atoms with E-state index >= 15 is 0 Å². The summed E-state index contributed by atoms with van der Waals surface area (Å²) in [7, 11) is 0. The van der Waals surface area contributed by atoms with Gasteiger partial charge in [0.25, 0.3) is 11.8 Å². The van der Waals surface area contributed by atoms with Crippen LogP contribution in [0, 0.1) is 0 Å². The van der Waals surface area contributed by atoms with Crippen molar-refractivity contribution in [3.05, 3.63) is 96.1 Å². The average Bonchev–Trinajstić information content (AvgIpc) is 3.14. The van der Waals surface area contributed by atoms with Gasteiger partial charge in [0, 0.05) is 40.3 Å². The molecule has 6 aromatic rings. The van der Waals surface area contributed by atoms with Crippen LogP contribution in [0.5, 0.6) is 11.5 Å². The normalized spacial score (nSPS) is 12.9. The second kappa shape index (κ2) is 15.2. The maximum Gasteiger partial charge on any atom is 0.305 e. The number of imide groups is 1. The number of nitrogens with zero attached hydrogens (tertiary/aromatic N) is 1. The predicted octanol–water partition coefficient (Wildman–Crippen LogP) is 9.46. The molecule has 50 heavy (non-hydrogen) atoms. The van der Waals surface area contributed by atoms with E-state index in [4.69, 9.17) is 15.4 Å². The highest BCUT2D eigenvalue weighted by molar-refractivity contribution is 6.38. The predicted molar refractivity (Wildman–Crippen MR) is 197 cm³/mol. The Bertz CT molecular complexity index is 2090. The molecule has 0 aromatic heterocycles. The number of nitrogens with two attached hydrogens (primary N) is 1. The number of rotatable bonds is 17. The quantitative estimate of drug-likeness (QED) is 0.0257.